The van der Waals surface area contributed by atoms with Crippen molar-refractivity contribution >= 4 is 6.03 Å². The van der Waals surface area contributed by atoms with E-state index in [1.165, 1.54) is 6.26 Å². The Bertz CT molecular complexity index is 894. The normalized spacial score (nSPS) is 20.0. The number of nitrogens with one attached hydrogen (secondary N) is 2. The molecule has 2 amide bonds. The molecule has 1 aliphatic rings. The van der Waals surface area contributed by atoms with Crippen LogP contribution in [0.15, 0.2) is 59.6 Å². The highest BCUT2D eigenvalue weighted by molar-refractivity contribution is 5.74. The van der Waals surface area contributed by atoms with Gasteiger partial charge < -0.3 is 19.8 Å². The largest absolute Gasteiger partial charge is 0.447 e. The number of aromatic nitrogens is 3. The van der Waals surface area contributed by atoms with Crippen molar-refractivity contribution in [2.75, 3.05) is 6.61 Å². The summed E-state index contributed by atoms with van der Waals surface area (Å²) in [6.07, 6.45) is 7.90. The van der Waals surface area contributed by atoms with E-state index in [0.717, 1.165) is 17.5 Å². The van der Waals surface area contributed by atoms with Gasteiger partial charge in [0.15, 0.2) is 0 Å². The quantitative estimate of drug-likeness (QED) is 0.684. The number of aryl methyl sites for hydroxylation is 1. The Morgan fingerprint density at radius 1 is 1.36 bits per heavy atom. The van der Waals surface area contributed by atoms with Gasteiger partial charge in [-0.2, -0.15) is 5.10 Å². The lowest BCUT2D eigenvalue weighted by Gasteiger charge is -2.21. The Kier molecular flexibility index (Phi) is 5.38. The van der Waals surface area contributed by atoms with Gasteiger partial charge in [0.25, 0.3) is 0 Å². The molecule has 1 unspecified atom stereocenters. The van der Waals surface area contributed by atoms with Crippen molar-refractivity contribution in [3.63, 3.8) is 0 Å². The zero-order valence-electron chi connectivity index (χ0n) is 15.6. The second-order valence-corrected chi connectivity index (χ2v) is 6.86. The Morgan fingerprint density at radius 2 is 2.21 bits per heavy atom. The standard InChI is InChI=1S/C20H23N5O3/c1-25-13-15(12-22-25)18-16(7-9-27-18)23-20(26)24-17(19-21-8-10-28-19)11-14-5-3-2-4-6-14/h2-6,8,10,12-13,16-18H,7,9,11H2,1H3,(H2,23,24,26)/t16-,17?,18+/m1/s1. The number of rotatable bonds is 6. The summed E-state index contributed by atoms with van der Waals surface area (Å²) in [6, 6.07) is 9.17. The lowest BCUT2D eigenvalue weighted by Crippen LogP contribution is -2.45. The Morgan fingerprint density at radius 3 is 2.93 bits per heavy atom. The second-order valence-electron chi connectivity index (χ2n) is 6.86. The van der Waals surface area contributed by atoms with Gasteiger partial charge in [0.05, 0.1) is 18.4 Å². The minimum Gasteiger partial charge on any atom is -0.447 e. The van der Waals surface area contributed by atoms with Crippen molar-refractivity contribution in [1.82, 2.24) is 25.4 Å². The van der Waals surface area contributed by atoms with Crippen LogP contribution in [0.4, 0.5) is 4.79 Å². The molecule has 2 aromatic heterocycles. The molecule has 1 aromatic carbocycles. The van der Waals surface area contributed by atoms with E-state index in [1.54, 1.807) is 17.1 Å². The van der Waals surface area contributed by atoms with E-state index in [9.17, 15) is 4.79 Å². The number of hydrogen-bond acceptors (Lipinski definition) is 5. The SMILES string of the molecule is Cn1cc([C@@H]2OCC[C@H]2NC(=O)NC(Cc2ccccc2)c2ncco2)cn1. The maximum Gasteiger partial charge on any atom is 0.315 e. The molecule has 4 rings (SSSR count). The summed E-state index contributed by atoms with van der Waals surface area (Å²) in [5.41, 5.74) is 2.04. The van der Waals surface area contributed by atoms with Crippen molar-refractivity contribution in [3.8, 4) is 0 Å². The van der Waals surface area contributed by atoms with E-state index in [-0.39, 0.29) is 24.2 Å². The predicted octanol–water partition coefficient (Wildman–Crippen LogP) is 2.52. The Hall–Kier alpha value is -3.13. The summed E-state index contributed by atoms with van der Waals surface area (Å²) in [4.78, 5) is 16.9. The zero-order valence-corrected chi connectivity index (χ0v) is 15.6. The molecule has 8 heteroatoms. The number of carbonyl (C=O) groups is 1. The predicted molar refractivity (Wildman–Crippen MR) is 101 cm³/mol. The minimum absolute atomic E-state index is 0.119. The van der Waals surface area contributed by atoms with Gasteiger partial charge in [-0.05, 0) is 12.0 Å². The lowest BCUT2D eigenvalue weighted by atomic mass is 10.1. The third-order valence-corrected chi connectivity index (χ3v) is 4.80. The molecule has 8 nitrogen and oxygen atoms in total. The maximum atomic E-state index is 12.7. The molecule has 0 bridgehead atoms. The van der Waals surface area contributed by atoms with Crippen LogP contribution in [0.3, 0.4) is 0 Å². The van der Waals surface area contributed by atoms with E-state index in [4.69, 9.17) is 9.15 Å². The molecule has 3 heterocycles. The number of amides is 2. The lowest BCUT2D eigenvalue weighted by molar-refractivity contribution is 0.0997. The van der Waals surface area contributed by atoms with Crippen molar-refractivity contribution < 1.29 is 13.9 Å². The van der Waals surface area contributed by atoms with Gasteiger partial charge in [-0.25, -0.2) is 9.78 Å². The summed E-state index contributed by atoms with van der Waals surface area (Å²) in [6.45, 7) is 0.595. The molecule has 3 atom stereocenters. The number of carbonyl (C=O) groups excluding carboxylic acids is 1. The molecular formula is C20H23N5O3. The van der Waals surface area contributed by atoms with E-state index in [0.29, 0.717) is 18.9 Å². The first kappa shape index (κ1) is 18.2. The summed E-state index contributed by atoms with van der Waals surface area (Å²) >= 11 is 0. The van der Waals surface area contributed by atoms with Crippen LogP contribution in [-0.4, -0.2) is 33.4 Å². The number of benzene rings is 1. The fourth-order valence-electron chi connectivity index (χ4n) is 3.48. The van der Waals surface area contributed by atoms with Gasteiger partial charge >= 0.3 is 6.03 Å². The van der Waals surface area contributed by atoms with Crippen LogP contribution < -0.4 is 10.6 Å². The topological polar surface area (TPSA) is 94.2 Å². The van der Waals surface area contributed by atoms with Crippen LogP contribution in [0, 0.1) is 0 Å². The molecule has 0 radical (unpaired) electrons. The van der Waals surface area contributed by atoms with Gasteiger partial charge in [-0.1, -0.05) is 30.3 Å². The summed E-state index contributed by atoms with van der Waals surface area (Å²) in [5, 5.41) is 10.2. The monoisotopic (exact) mass is 381 g/mol. The Balaban J connectivity index is 1.42. The molecule has 3 aromatic rings. The van der Waals surface area contributed by atoms with Crippen molar-refractivity contribution in [2.24, 2.45) is 7.05 Å². The van der Waals surface area contributed by atoms with E-state index in [2.05, 4.69) is 20.7 Å². The van der Waals surface area contributed by atoms with E-state index in [1.807, 2.05) is 43.6 Å². The van der Waals surface area contributed by atoms with Gasteiger partial charge in [-0.3, -0.25) is 4.68 Å². The van der Waals surface area contributed by atoms with Gasteiger partial charge in [-0.15, -0.1) is 0 Å². The fraction of sp³-hybridized carbons (Fsp3) is 0.350. The summed E-state index contributed by atoms with van der Waals surface area (Å²) in [7, 11) is 1.86. The smallest absolute Gasteiger partial charge is 0.315 e. The molecule has 1 saturated heterocycles. The minimum atomic E-state index is -0.364. The molecule has 0 saturated carbocycles. The van der Waals surface area contributed by atoms with Crippen molar-refractivity contribution in [2.45, 2.75) is 31.0 Å². The molecule has 1 fully saturated rings. The van der Waals surface area contributed by atoms with Crippen molar-refractivity contribution in [3.05, 3.63) is 72.2 Å². The molecule has 2 N–H and O–H groups in total. The van der Waals surface area contributed by atoms with Gasteiger partial charge in [0, 0.05) is 31.8 Å². The summed E-state index contributed by atoms with van der Waals surface area (Å²) < 4.78 is 13.0. The van der Waals surface area contributed by atoms with Crippen LogP contribution in [-0.2, 0) is 18.2 Å². The fourth-order valence-corrected chi connectivity index (χ4v) is 3.48. The highest BCUT2D eigenvalue weighted by Crippen LogP contribution is 2.28. The van der Waals surface area contributed by atoms with Gasteiger partial charge in [0.2, 0.25) is 5.89 Å². The van der Waals surface area contributed by atoms with Gasteiger partial charge in [0.1, 0.15) is 18.4 Å². The third-order valence-electron chi connectivity index (χ3n) is 4.80. The van der Waals surface area contributed by atoms with Crippen LogP contribution >= 0.6 is 0 Å². The molecule has 28 heavy (non-hydrogen) atoms. The third kappa shape index (κ3) is 4.23. The van der Waals surface area contributed by atoms with Crippen LogP contribution in [0.2, 0.25) is 0 Å². The molecule has 146 valence electrons. The van der Waals surface area contributed by atoms with E-state index >= 15 is 0 Å². The number of ether oxygens (including phenoxy) is 1. The second kappa shape index (κ2) is 8.26. The van der Waals surface area contributed by atoms with Crippen LogP contribution in [0.1, 0.15) is 35.6 Å². The highest BCUT2D eigenvalue weighted by atomic mass is 16.5. The van der Waals surface area contributed by atoms with Crippen LogP contribution in [0.5, 0.6) is 0 Å². The first-order valence-electron chi connectivity index (χ1n) is 9.29. The Labute approximate surface area is 162 Å². The maximum absolute atomic E-state index is 12.7. The zero-order chi connectivity index (χ0) is 19.3. The first-order chi connectivity index (χ1) is 13.7. The number of oxazole rings is 1. The first-order valence-corrected chi connectivity index (χ1v) is 9.29. The average Bonchev–Trinajstić information content (AvgIpc) is 3.43. The number of urea groups is 1. The van der Waals surface area contributed by atoms with Crippen molar-refractivity contribution in [1.29, 1.82) is 0 Å². The van der Waals surface area contributed by atoms with E-state index < -0.39 is 0 Å². The molecule has 1 aliphatic heterocycles. The summed E-state index contributed by atoms with van der Waals surface area (Å²) in [5.74, 6) is 0.477. The number of nitrogens with zero attached hydrogens (tertiary/aromatic N) is 3. The van der Waals surface area contributed by atoms with Crippen LogP contribution in [0.25, 0.3) is 0 Å². The number of hydrogen-bond donors (Lipinski definition) is 2. The average molecular weight is 381 g/mol. The molecule has 0 aliphatic carbocycles. The molecule has 0 spiro atoms. The molecular weight excluding hydrogens is 358 g/mol. The highest BCUT2D eigenvalue weighted by Gasteiger charge is 2.32.